The largest absolute Gasteiger partial charge is 0.508 e. The van der Waals surface area contributed by atoms with Gasteiger partial charge < -0.3 is 30.5 Å². The molecule has 0 saturated carbocycles. The van der Waals surface area contributed by atoms with E-state index in [-0.39, 0.29) is 24.5 Å². The van der Waals surface area contributed by atoms with Gasteiger partial charge in [-0.2, -0.15) is 0 Å². The van der Waals surface area contributed by atoms with Crippen LogP contribution in [0.1, 0.15) is 70.5 Å². The summed E-state index contributed by atoms with van der Waals surface area (Å²) in [5, 5.41) is 28.0. The van der Waals surface area contributed by atoms with Crippen LogP contribution in [0.3, 0.4) is 0 Å². The van der Waals surface area contributed by atoms with Gasteiger partial charge in [0.1, 0.15) is 29.2 Å². The number of benzene rings is 4. The quantitative estimate of drug-likeness (QED) is 0.112. The Morgan fingerprint density at radius 1 is 0.809 bits per heavy atom. The fraction of sp³-hybridized carbons (Fsp3) is 0.342. The van der Waals surface area contributed by atoms with Crippen LogP contribution in [0.4, 0.5) is 10.5 Å². The molecule has 2 atom stereocenters. The molecular formula is C38H45N3O6. The summed E-state index contributed by atoms with van der Waals surface area (Å²) in [6, 6.07) is 23.9. The first kappa shape index (κ1) is 34.8. The van der Waals surface area contributed by atoms with Gasteiger partial charge in [0.05, 0.1) is 0 Å². The number of alkyl carbamates (subject to hydrolysis) is 1. The minimum absolute atomic E-state index is 0.0445. The highest BCUT2D eigenvalue weighted by Crippen LogP contribution is 2.29. The average Bonchev–Trinajstić information content (AvgIpc) is 3.02. The molecule has 4 N–H and O–H groups in total. The first-order valence-electron chi connectivity index (χ1n) is 16.1. The Kier molecular flexibility index (Phi) is 11.8. The Hall–Kier alpha value is -5.05. The van der Waals surface area contributed by atoms with Crippen molar-refractivity contribution in [2.45, 2.75) is 77.5 Å². The number of phenolic OH excluding ortho intramolecular Hbond substituents is 2. The van der Waals surface area contributed by atoms with E-state index in [4.69, 9.17) is 4.74 Å². The smallest absolute Gasteiger partial charge is 0.408 e. The van der Waals surface area contributed by atoms with E-state index in [9.17, 15) is 24.6 Å². The highest BCUT2D eigenvalue weighted by atomic mass is 16.6. The normalized spacial score (nSPS) is 12.6. The van der Waals surface area contributed by atoms with E-state index < -0.39 is 35.6 Å². The number of nitrogens with zero attached hydrogens (tertiary/aromatic N) is 1. The lowest BCUT2D eigenvalue weighted by atomic mass is 9.99. The number of aromatic hydroxyl groups is 2. The Morgan fingerprint density at radius 3 is 2.21 bits per heavy atom. The Labute approximate surface area is 276 Å². The molecule has 0 aromatic heterocycles. The zero-order chi connectivity index (χ0) is 34.0. The van der Waals surface area contributed by atoms with Crippen molar-refractivity contribution in [1.82, 2.24) is 10.2 Å². The molecule has 0 aliphatic rings. The molecule has 0 bridgehead atoms. The molecule has 0 radical (unpaired) electrons. The molecule has 4 rings (SSSR count). The topological polar surface area (TPSA) is 128 Å². The minimum Gasteiger partial charge on any atom is -0.508 e. The summed E-state index contributed by atoms with van der Waals surface area (Å²) in [4.78, 5) is 43.5. The van der Waals surface area contributed by atoms with E-state index >= 15 is 0 Å². The molecule has 4 aromatic carbocycles. The van der Waals surface area contributed by atoms with Crippen molar-refractivity contribution in [3.63, 3.8) is 0 Å². The van der Waals surface area contributed by atoms with Crippen molar-refractivity contribution in [2.75, 3.05) is 11.9 Å². The molecule has 4 aromatic rings. The van der Waals surface area contributed by atoms with Crippen LogP contribution in [-0.4, -0.2) is 51.2 Å². The van der Waals surface area contributed by atoms with Gasteiger partial charge in [0.15, 0.2) is 0 Å². The highest BCUT2D eigenvalue weighted by molar-refractivity contribution is 6.00. The van der Waals surface area contributed by atoms with Gasteiger partial charge in [-0.1, -0.05) is 80.8 Å². The maximum Gasteiger partial charge on any atom is 0.408 e. The number of anilines is 1. The Morgan fingerprint density at radius 2 is 1.53 bits per heavy atom. The van der Waals surface area contributed by atoms with E-state index in [0.29, 0.717) is 23.2 Å². The van der Waals surface area contributed by atoms with Gasteiger partial charge in [0, 0.05) is 18.7 Å². The van der Waals surface area contributed by atoms with Gasteiger partial charge in [-0.25, -0.2) is 4.79 Å². The monoisotopic (exact) mass is 639 g/mol. The molecule has 0 fully saturated rings. The van der Waals surface area contributed by atoms with Crippen molar-refractivity contribution in [3.8, 4) is 11.5 Å². The average molecular weight is 640 g/mol. The summed E-state index contributed by atoms with van der Waals surface area (Å²) in [7, 11) is 0. The van der Waals surface area contributed by atoms with E-state index in [2.05, 4.69) is 17.6 Å². The first-order valence-corrected chi connectivity index (χ1v) is 16.1. The predicted molar refractivity (Wildman–Crippen MR) is 184 cm³/mol. The van der Waals surface area contributed by atoms with Crippen LogP contribution in [0.2, 0.25) is 0 Å². The zero-order valence-corrected chi connectivity index (χ0v) is 27.5. The first-order chi connectivity index (χ1) is 22.4. The number of ether oxygens (including phenoxy) is 1. The molecule has 3 amide bonds. The summed E-state index contributed by atoms with van der Waals surface area (Å²) >= 11 is 0. The van der Waals surface area contributed by atoms with Gasteiger partial charge >= 0.3 is 6.09 Å². The van der Waals surface area contributed by atoms with E-state index in [1.807, 2.05) is 42.5 Å². The summed E-state index contributed by atoms with van der Waals surface area (Å²) < 4.78 is 5.52. The number of unbranched alkanes of at least 4 members (excludes halogenated alkanes) is 3. The number of phenols is 2. The summed E-state index contributed by atoms with van der Waals surface area (Å²) in [5.41, 5.74) is 0.870. The van der Waals surface area contributed by atoms with Crippen molar-refractivity contribution < 1.29 is 29.3 Å². The van der Waals surface area contributed by atoms with Crippen molar-refractivity contribution in [3.05, 3.63) is 102 Å². The van der Waals surface area contributed by atoms with Crippen LogP contribution >= 0.6 is 0 Å². The second kappa shape index (κ2) is 16.0. The van der Waals surface area contributed by atoms with E-state index in [0.717, 1.165) is 30.0 Å². The number of fused-ring (bicyclic) bond motifs is 1. The lowest BCUT2D eigenvalue weighted by molar-refractivity contribution is -0.140. The minimum atomic E-state index is -1.13. The molecule has 2 unspecified atom stereocenters. The van der Waals surface area contributed by atoms with Crippen LogP contribution in [-0.2, 0) is 20.7 Å². The van der Waals surface area contributed by atoms with Gasteiger partial charge in [-0.05, 0) is 85.5 Å². The molecular weight excluding hydrogens is 594 g/mol. The van der Waals surface area contributed by atoms with Crippen LogP contribution in [0.15, 0.2) is 91.0 Å². The lowest BCUT2D eigenvalue weighted by Gasteiger charge is -2.34. The summed E-state index contributed by atoms with van der Waals surface area (Å²) in [6.07, 6.45) is 2.71. The molecule has 0 aliphatic heterocycles. The van der Waals surface area contributed by atoms with Gasteiger partial charge in [0.2, 0.25) is 5.91 Å². The molecule has 0 spiro atoms. The van der Waals surface area contributed by atoms with Crippen molar-refractivity contribution in [1.29, 1.82) is 0 Å². The van der Waals surface area contributed by atoms with Crippen molar-refractivity contribution in [2.24, 2.45) is 0 Å². The van der Waals surface area contributed by atoms with Gasteiger partial charge in [-0.3, -0.25) is 9.59 Å². The number of nitrogens with one attached hydrogen (secondary N) is 2. The third-order valence-electron chi connectivity index (χ3n) is 7.66. The van der Waals surface area contributed by atoms with Crippen molar-refractivity contribution >= 4 is 34.4 Å². The van der Waals surface area contributed by atoms with Crippen LogP contribution < -0.4 is 10.6 Å². The van der Waals surface area contributed by atoms with Crippen LogP contribution in [0, 0.1) is 0 Å². The second-order valence-corrected chi connectivity index (χ2v) is 12.7. The number of hydrogen-bond donors (Lipinski definition) is 4. The molecule has 248 valence electrons. The zero-order valence-electron chi connectivity index (χ0n) is 27.5. The SMILES string of the molecule is CCCCCCN(C(=O)C(Cc1ccc(O)cc1)NC(=O)OC(C)(C)C)C(C(=O)Nc1ccc2ccccc2c1)c1cccc(O)c1. The van der Waals surface area contributed by atoms with E-state index in [1.54, 1.807) is 45.0 Å². The van der Waals surface area contributed by atoms with Gasteiger partial charge in [-0.15, -0.1) is 0 Å². The fourth-order valence-electron chi connectivity index (χ4n) is 5.44. The van der Waals surface area contributed by atoms with E-state index in [1.165, 1.54) is 29.2 Å². The fourth-order valence-corrected chi connectivity index (χ4v) is 5.44. The third kappa shape index (κ3) is 10.2. The number of rotatable bonds is 13. The lowest BCUT2D eigenvalue weighted by Crippen LogP contribution is -2.53. The van der Waals surface area contributed by atoms with Gasteiger partial charge in [0.25, 0.3) is 5.91 Å². The number of carbonyl (C=O) groups excluding carboxylic acids is 3. The summed E-state index contributed by atoms with van der Waals surface area (Å²) in [5.74, 6) is -0.918. The Balaban J connectivity index is 1.75. The van der Waals surface area contributed by atoms with Crippen LogP contribution in [0.5, 0.6) is 11.5 Å². The standard InChI is InChI=1S/C38H45N3O6/c1-5-6-7-10-22-41(36(45)33(40-37(46)47-38(2,3)4)23-26-16-20-31(42)21-17-26)34(29-14-11-15-32(43)25-29)35(44)39-30-19-18-27-12-8-9-13-28(27)24-30/h8-9,11-21,24-25,33-34,42-43H,5-7,10,22-23H2,1-4H3,(H,39,44)(H,40,46). The molecule has 0 saturated heterocycles. The number of carbonyl (C=O) groups is 3. The molecule has 9 heteroatoms. The maximum atomic E-state index is 14.7. The summed E-state index contributed by atoms with van der Waals surface area (Å²) in [6.45, 7) is 7.52. The number of amides is 3. The maximum absolute atomic E-state index is 14.7. The second-order valence-electron chi connectivity index (χ2n) is 12.7. The Bertz CT molecular complexity index is 1660. The molecule has 0 heterocycles. The molecule has 9 nitrogen and oxygen atoms in total. The predicted octanol–water partition coefficient (Wildman–Crippen LogP) is 7.48. The number of hydrogen-bond acceptors (Lipinski definition) is 6. The molecule has 47 heavy (non-hydrogen) atoms. The molecule has 0 aliphatic carbocycles. The third-order valence-corrected chi connectivity index (χ3v) is 7.66. The van der Waals surface area contributed by atoms with Crippen LogP contribution in [0.25, 0.3) is 10.8 Å². The highest BCUT2D eigenvalue weighted by Gasteiger charge is 2.36.